The van der Waals surface area contributed by atoms with Gasteiger partial charge in [0.05, 0.1) is 22.8 Å². The smallest absolute Gasteiger partial charge is 0.446 e. The van der Waals surface area contributed by atoms with Crippen LogP contribution in [0.2, 0.25) is 5.02 Å². The monoisotopic (exact) mass is 309 g/mol. The Kier molecular flexibility index (Phi) is 5.09. The van der Waals surface area contributed by atoms with Crippen LogP contribution in [-0.4, -0.2) is 18.1 Å². The fourth-order valence-electron chi connectivity index (χ4n) is 1.26. The normalized spacial score (nSPS) is 10.9. The zero-order valence-corrected chi connectivity index (χ0v) is 11.1. The van der Waals surface area contributed by atoms with Gasteiger partial charge in [-0.05, 0) is 30.8 Å². The predicted molar refractivity (Wildman–Crippen MR) is 64.0 cm³/mol. The second kappa shape index (κ2) is 6.17. The third-order valence-corrected chi connectivity index (χ3v) is 2.91. The van der Waals surface area contributed by atoms with Crippen molar-refractivity contribution < 1.29 is 22.7 Å². The van der Waals surface area contributed by atoms with Crippen molar-refractivity contribution in [3.8, 4) is 6.07 Å². The predicted octanol–water partition coefficient (Wildman–Crippen LogP) is 4.00. The highest BCUT2D eigenvalue weighted by Crippen LogP contribution is 2.39. The molecule has 0 atom stereocenters. The first-order valence-corrected chi connectivity index (χ1v) is 6.14. The number of hydrogen-bond donors (Lipinski definition) is 0. The van der Waals surface area contributed by atoms with Gasteiger partial charge < -0.3 is 4.74 Å². The Morgan fingerprint density at radius 1 is 1.53 bits per heavy atom. The van der Waals surface area contributed by atoms with Crippen LogP contribution in [0.1, 0.15) is 22.8 Å². The summed E-state index contributed by atoms with van der Waals surface area (Å²) in [5.41, 5.74) is -4.99. The Morgan fingerprint density at radius 3 is 2.63 bits per heavy atom. The summed E-state index contributed by atoms with van der Waals surface area (Å²) in [5, 5.41) is 8.65. The lowest BCUT2D eigenvalue weighted by atomic mass is 10.1. The van der Waals surface area contributed by atoms with Gasteiger partial charge in [0.15, 0.2) is 0 Å². The molecule has 0 aliphatic heterocycles. The maximum atomic E-state index is 12.3. The number of nitriles is 1. The van der Waals surface area contributed by atoms with Gasteiger partial charge in [-0.15, -0.1) is 0 Å². The maximum absolute atomic E-state index is 12.3. The van der Waals surface area contributed by atoms with Crippen molar-refractivity contribution >= 4 is 29.3 Å². The van der Waals surface area contributed by atoms with Crippen LogP contribution in [0, 0.1) is 11.3 Å². The molecule has 1 rings (SSSR count). The number of alkyl halides is 3. The van der Waals surface area contributed by atoms with Crippen molar-refractivity contribution in [3.63, 3.8) is 0 Å². The zero-order valence-electron chi connectivity index (χ0n) is 9.55. The average molecular weight is 310 g/mol. The molecule has 102 valence electrons. The Hall–Kier alpha value is -1.39. The van der Waals surface area contributed by atoms with E-state index < -0.39 is 23.2 Å². The molecule has 0 bridgehead atoms. The summed E-state index contributed by atoms with van der Waals surface area (Å²) < 4.78 is 41.5. The highest BCUT2D eigenvalue weighted by molar-refractivity contribution is 8.00. The van der Waals surface area contributed by atoms with Gasteiger partial charge in [0.1, 0.15) is 6.07 Å². The second-order valence-electron chi connectivity index (χ2n) is 3.21. The summed E-state index contributed by atoms with van der Waals surface area (Å²) in [6, 6.07) is 3.60. The van der Waals surface area contributed by atoms with Gasteiger partial charge in [-0.3, -0.25) is 0 Å². The molecule has 0 N–H and O–H groups in total. The molecule has 0 saturated heterocycles. The molecule has 3 nitrogen and oxygen atoms in total. The number of halogens is 4. The molecule has 0 aromatic heterocycles. The number of benzene rings is 1. The van der Waals surface area contributed by atoms with Gasteiger partial charge in [0, 0.05) is 4.90 Å². The third kappa shape index (κ3) is 4.33. The fraction of sp³-hybridized carbons (Fsp3) is 0.273. The van der Waals surface area contributed by atoms with Crippen LogP contribution in [-0.2, 0) is 4.74 Å². The lowest BCUT2D eigenvalue weighted by Crippen LogP contribution is -2.08. The van der Waals surface area contributed by atoms with Gasteiger partial charge in [-0.1, -0.05) is 11.6 Å². The Labute approximate surface area is 116 Å². The van der Waals surface area contributed by atoms with Crippen LogP contribution in [0.5, 0.6) is 0 Å². The summed E-state index contributed by atoms with van der Waals surface area (Å²) in [6.07, 6.45) is 0. The number of ether oxygens (including phenoxy) is 1. The summed E-state index contributed by atoms with van der Waals surface area (Å²) in [5.74, 6) is -0.884. The molecule has 0 aliphatic carbocycles. The van der Waals surface area contributed by atoms with E-state index in [-0.39, 0.29) is 27.7 Å². The first kappa shape index (κ1) is 15.7. The Morgan fingerprint density at radius 2 is 2.16 bits per heavy atom. The molecule has 0 radical (unpaired) electrons. The molecule has 0 spiro atoms. The van der Waals surface area contributed by atoms with Crippen LogP contribution < -0.4 is 0 Å². The molecule has 0 amide bonds. The van der Waals surface area contributed by atoms with Crippen molar-refractivity contribution in [3.05, 3.63) is 28.3 Å². The molecule has 1 aromatic rings. The summed E-state index contributed by atoms with van der Waals surface area (Å²) in [7, 11) is 0. The van der Waals surface area contributed by atoms with Crippen molar-refractivity contribution in [2.45, 2.75) is 17.3 Å². The first-order valence-electron chi connectivity index (χ1n) is 4.95. The van der Waals surface area contributed by atoms with E-state index in [4.69, 9.17) is 16.9 Å². The number of nitrogens with zero attached hydrogens (tertiary/aromatic N) is 1. The minimum Gasteiger partial charge on any atom is -0.462 e. The van der Waals surface area contributed by atoms with E-state index in [2.05, 4.69) is 4.74 Å². The molecule has 0 fully saturated rings. The molecule has 19 heavy (non-hydrogen) atoms. The van der Waals surface area contributed by atoms with E-state index in [1.807, 2.05) is 0 Å². The highest BCUT2D eigenvalue weighted by atomic mass is 35.5. The fourth-order valence-corrected chi connectivity index (χ4v) is 2.20. The molecular formula is C11H7ClF3NO2S. The van der Waals surface area contributed by atoms with Crippen molar-refractivity contribution in [2.24, 2.45) is 0 Å². The Balaban J connectivity index is 3.27. The number of esters is 1. The van der Waals surface area contributed by atoms with Gasteiger partial charge in [-0.2, -0.15) is 18.4 Å². The van der Waals surface area contributed by atoms with Crippen LogP contribution in [0.3, 0.4) is 0 Å². The standard InChI is InChI=1S/C11H7ClF3NO2S/c1-2-18-10(17)7-3-6(19-11(13,14)15)4-9(12)8(7)5-16/h3-4H,2H2,1H3. The summed E-state index contributed by atoms with van der Waals surface area (Å²) in [4.78, 5) is 11.3. The van der Waals surface area contributed by atoms with Crippen molar-refractivity contribution in [1.82, 2.24) is 0 Å². The SMILES string of the molecule is CCOC(=O)c1cc(SC(F)(F)F)cc(Cl)c1C#N. The Bertz CT molecular complexity index is 540. The quantitative estimate of drug-likeness (QED) is 0.625. The largest absolute Gasteiger partial charge is 0.462 e. The number of thioether (sulfide) groups is 1. The van der Waals surface area contributed by atoms with Crippen molar-refractivity contribution in [2.75, 3.05) is 6.61 Å². The summed E-state index contributed by atoms with van der Waals surface area (Å²) >= 11 is 5.28. The molecule has 0 unspecified atom stereocenters. The number of hydrogen-bond acceptors (Lipinski definition) is 4. The highest BCUT2D eigenvalue weighted by Gasteiger charge is 2.30. The van der Waals surface area contributed by atoms with E-state index in [9.17, 15) is 18.0 Å². The van der Waals surface area contributed by atoms with E-state index in [1.54, 1.807) is 13.0 Å². The van der Waals surface area contributed by atoms with Crippen LogP contribution >= 0.6 is 23.4 Å². The first-order chi connectivity index (χ1) is 8.78. The van der Waals surface area contributed by atoms with Gasteiger partial charge in [0.2, 0.25) is 0 Å². The number of rotatable bonds is 3. The van der Waals surface area contributed by atoms with Crippen LogP contribution in [0.15, 0.2) is 17.0 Å². The molecule has 8 heteroatoms. The molecular weight excluding hydrogens is 303 g/mol. The van der Waals surface area contributed by atoms with E-state index in [1.165, 1.54) is 0 Å². The van der Waals surface area contributed by atoms with Crippen LogP contribution in [0.4, 0.5) is 13.2 Å². The minimum atomic E-state index is -4.51. The number of carbonyl (C=O) groups is 1. The average Bonchev–Trinajstić information content (AvgIpc) is 2.26. The second-order valence-corrected chi connectivity index (χ2v) is 4.75. The van der Waals surface area contributed by atoms with E-state index >= 15 is 0 Å². The minimum absolute atomic E-state index is 0.0396. The lowest BCUT2D eigenvalue weighted by Gasteiger charge is -2.10. The lowest BCUT2D eigenvalue weighted by molar-refractivity contribution is -0.0328. The maximum Gasteiger partial charge on any atom is 0.446 e. The van der Waals surface area contributed by atoms with Gasteiger partial charge in [0.25, 0.3) is 0 Å². The molecule has 0 saturated carbocycles. The number of carbonyl (C=O) groups excluding carboxylic acids is 1. The molecule has 1 aromatic carbocycles. The van der Waals surface area contributed by atoms with E-state index in [0.717, 1.165) is 12.1 Å². The van der Waals surface area contributed by atoms with Gasteiger partial charge >= 0.3 is 11.5 Å². The topological polar surface area (TPSA) is 50.1 Å². The van der Waals surface area contributed by atoms with Crippen LogP contribution in [0.25, 0.3) is 0 Å². The molecule has 0 heterocycles. The molecule has 0 aliphatic rings. The third-order valence-electron chi connectivity index (χ3n) is 1.90. The van der Waals surface area contributed by atoms with Crippen molar-refractivity contribution in [1.29, 1.82) is 5.26 Å². The zero-order chi connectivity index (χ0) is 14.6. The summed E-state index contributed by atoms with van der Waals surface area (Å²) in [6.45, 7) is 1.58. The van der Waals surface area contributed by atoms with E-state index in [0.29, 0.717) is 0 Å². The van der Waals surface area contributed by atoms with Gasteiger partial charge in [-0.25, -0.2) is 4.79 Å².